The van der Waals surface area contributed by atoms with Crippen molar-refractivity contribution >= 4 is 23.5 Å². The molecule has 2 aromatic rings. The number of hydrogen-bond donors (Lipinski definition) is 0. The second-order valence-electron chi connectivity index (χ2n) is 4.30. The molecule has 6 heteroatoms. The fraction of sp³-hybridized carbons (Fsp3) is 0.200. The fourth-order valence-electron chi connectivity index (χ4n) is 1.83. The maximum atomic E-state index is 12.1. The molecule has 21 heavy (non-hydrogen) atoms. The summed E-state index contributed by atoms with van der Waals surface area (Å²) in [4.78, 5) is 12.1. The summed E-state index contributed by atoms with van der Waals surface area (Å²) in [5, 5.41) is 4.35. The highest BCUT2D eigenvalue weighted by Crippen LogP contribution is 2.26. The van der Waals surface area contributed by atoms with E-state index in [-0.39, 0.29) is 11.5 Å². The highest BCUT2D eigenvalue weighted by molar-refractivity contribution is 6.34. The molecular formula is C15H15ClN2O3. The third-order valence-electron chi connectivity index (χ3n) is 2.87. The number of methoxy groups -OCH3 is 2. The van der Waals surface area contributed by atoms with E-state index < -0.39 is 0 Å². The van der Waals surface area contributed by atoms with Crippen LogP contribution in [-0.2, 0) is 7.05 Å². The van der Waals surface area contributed by atoms with Gasteiger partial charge in [0.2, 0.25) is 5.78 Å². The fourth-order valence-corrected chi connectivity index (χ4v) is 2.10. The monoisotopic (exact) mass is 306 g/mol. The number of rotatable bonds is 5. The van der Waals surface area contributed by atoms with Gasteiger partial charge in [-0.2, -0.15) is 5.10 Å². The van der Waals surface area contributed by atoms with Gasteiger partial charge in [-0.25, -0.2) is 0 Å². The number of hydrogen-bond acceptors (Lipinski definition) is 4. The van der Waals surface area contributed by atoms with Crippen molar-refractivity contribution in [1.82, 2.24) is 9.78 Å². The molecule has 0 amide bonds. The number of aryl methyl sites for hydroxylation is 1. The summed E-state index contributed by atoms with van der Waals surface area (Å²) in [5.41, 5.74) is 0.988. The van der Waals surface area contributed by atoms with Crippen molar-refractivity contribution < 1.29 is 14.3 Å². The van der Waals surface area contributed by atoms with Crippen LogP contribution < -0.4 is 9.47 Å². The van der Waals surface area contributed by atoms with Gasteiger partial charge in [-0.3, -0.25) is 9.48 Å². The molecule has 0 aliphatic rings. The molecule has 0 spiro atoms. The zero-order valence-electron chi connectivity index (χ0n) is 12.0. The van der Waals surface area contributed by atoms with Gasteiger partial charge in [0.15, 0.2) is 5.69 Å². The van der Waals surface area contributed by atoms with E-state index in [2.05, 4.69) is 5.10 Å². The number of aromatic nitrogens is 2. The van der Waals surface area contributed by atoms with Crippen LogP contribution in [0, 0.1) is 0 Å². The van der Waals surface area contributed by atoms with Gasteiger partial charge in [0, 0.05) is 24.9 Å². The molecule has 1 aromatic carbocycles. The maximum absolute atomic E-state index is 12.1. The first kappa shape index (κ1) is 15.1. The van der Waals surface area contributed by atoms with E-state index in [9.17, 15) is 4.79 Å². The largest absolute Gasteiger partial charge is 0.497 e. The van der Waals surface area contributed by atoms with Crippen LogP contribution in [0.1, 0.15) is 16.1 Å². The third-order valence-corrected chi connectivity index (χ3v) is 3.15. The highest BCUT2D eigenvalue weighted by Gasteiger charge is 2.12. The van der Waals surface area contributed by atoms with Gasteiger partial charge in [-0.15, -0.1) is 0 Å². The van der Waals surface area contributed by atoms with Crippen LogP contribution >= 0.6 is 11.6 Å². The lowest BCUT2D eigenvalue weighted by Gasteiger charge is -2.07. The summed E-state index contributed by atoms with van der Waals surface area (Å²) in [6.07, 6.45) is 4.65. The lowest BCUT2D eigenvalue weighted by atomic mass is 10.1. The van der Waals surface area contributed by atoms with Gasteiger partial charge >= 0.3 is 0 Å². The van der Waals surface area contributed by atoms with Crippen LogP contribution in [0.5, 0.6) is 11.5 Å². The van der Waals surface area contributed by atoms with Gasteiger partial charge in [0.25, 0.3) is 0 Å². The Bertz CT molecular complexity index is 692. The van der Waals surface area contributed by atoms with E-state index in [4.69, 9.17) is 21.1 Å². The molecule has 0 saturated heterocycles. The first-order valence-corrected chi connectivity index (χ1v) is 6.56. The number of ketones is 1. The molecule has 0 unspecified atom stereocenters. The summed E-state index contributed by atoms with van der Waals surface area (Å²) in [7, 11) is 4.85. The van der Waals surface area contributed by atoms with E-state index in [1.807, 2.05) is 6.07 Å². The van der Waals surface area contributed by atoms with Crippen molar-refractivity contribution in [2.24, 2.45) is 7.05 Å². The summed E-state index contributed by atoms with van der Waals surface area (Å²) in [6.45, 7) is 0. The van der Waals surface area contributed by atoms with Gasteiger partial charge < -0.3 is 9.47 Å². The molecule has 0 N–H and O–H groups in total. The molecule has 110 valence electrons. The minimum atomic E-state index is -0.265. The third kappa shape index (κ3) is 3.44. The second-order valence-corrected chi connectivity index (χ2v) is 4.71. The summed E-state index contributed by atoms with van der Waals surface area (Å²) in [5.74, 6) is 1.03. The Morgan fingerprint density at radius 3 is 2.67 bits per heavy atom. The Hall–Kier alpha value is -2.27. The molecule has 1 heterocycles. The van der Waals surface area contributed by atoms with Crippen molar-refractivity contribution in [2.75, 3.05) is 14.2 Å². The van der Waals surface area contributed by atoms with E-state index in [0.717, 1.165) is 5.56 Å². The smallest absolute Gasteiger partial charge is 0.207 e. The highest BCUT2D eigenvalue weighted by atomic mass is 35.5. The number of nitrogens with zero attached hydrogens (tertiary/aromatic N) is 2. The molecule has 0 atom stereocenters. The van der Waals surface area contributed by atoms with Crippen LogP contribution in [0.4, 0.5) is 0 Å². The van der Waals surface area contributed by atoms with Crippen LogP contribution in [0.15, 0.2) is 30.5 Å². The Kier molecular flexibility index (Phi) is 4.65. The van der Waals surface area contributed by atoms with Crippen molar-refractivity contribution in [2.45, 2.75) is 0 Å². The van der Waals surface area contributed by atoms with Gasteiger partial charge in [0.05, 0.1) is 19.2 Å². The molecule has 1 aromatic heterocycles. The van der Waals surface area contributed by atoms with Crippen molar-refractivity contribution in [3.63, 3.8) is 0 Å². The van der Waals surface area contributed by atoms with Gasteiger partial charge in [0.1, 0.15) is 11.5 Å². The normalized spacial score (nSPS) is 10.9. The summed E-state index contributed by atoms with van der Waals surface area (Å²) in [6, 6.07) is 5.35. The van der Waals surface area contributed by atoms with E-state index in [0.29, 0.717) is 16.5 Å². The number of ether oxygens (including phenoxy) is 2. The molecule has 0 saturated carbocycles. The average molecular weight is 307 g/mol. The Labute approximate surface area is 127 Å². The average Bonchev–Trinajstić information content (AvgIpc) is 2.83. The van der Waals surface area contributed by atoms with Crippen molar-refractivity contribution in [1.29, 1.82) is 0 Å². The quantitative estimate of drug-likeness (QED) is 0.629. The van der Waals surface area contributed by atoms with E-state index >= 15 is 0 Å². The number of allylic oxidation sites excluding steroid dienone is 1. The predicted molar refractivity (Wildman–Crippen MR) is 81.1 cm³/mol. The predicted octanol–water partition coefficient (Wildman–Crippen LogP) is 2.99. The zero-order chi connectivity index (χ0) is 15.4. The number of carbonyl (C=O) groups is 1. The molecular weight excluding hydrogens is 292 g/mol. The van der Waals surface area contributed by atoms with Crippen LogP contribution in [0.25, 0.3) is 6.08 Å². The molecule has 0 aliphatic carbocycles. The van der Waals surface area contributed by atoms with Gasteiger partial charge in [-0.05, 0) is 24.3 Å². The maximum Gasteiger partial charge on any atom is 0.207 e. The Morgan fingerprint density at radius 2 is 2.10 bits per heavy atom. The lowest BCUT2D eigenvalue weighted by molar-refractivity contribution is 0.104. The molecule has 0 fully saturated rings. The molecule has 0 aliphatic heterocycles. The SMILES string of the molecule is COc1ccc(C=CC(=O)c2nn(C)cc2Cl)c(OC)c1. The first-order chi connectivity index (χ1) is 10.0. The number of halogens is 1. The van der Waals surface area contributed by atoms with E-state index in [1.54, 1.807) is 45.7 Å². The minimum absolute atomic E-state index is 0.225. The van der Waals surface area contributed by atoms with Crippen LogP contribution in [0.2, 0.25) is 5.02 Å². The number of benzene rings is 1. The number of carbonyl (C=O) groups excluding carboxylic acids is 1. The zero-order valence-corrected chi connectivity index (χ0v) is 12.7. The Balaban J connectivity index is 2.25. The lowest BCUT2D eigenvalue weighted by Crippen LogP contribution is -1.98. The Morgan fingerprint density at radius 1 is 1.33 bits per heavy atom. The van der Waals surface area contributed by atoms with Crippen molar-refractivity contribution in [3.05, 3.63) is 46.8 Å². The summed E-state index contributed by atoms with van der Waals surface area (Å²) >= 11 is 5.94. The molecule has 0 radical (unpaired) electrons. The molecule has 5 nitrogen and oxygen atoms in total. The minimum Gasteiger partial charge on any atom is -0.497 e. The topological polar surface area (TPSA) is 53.3 Å². The summed E-state index contributed by atoms with van der Waals surface area (Å²) < 4.78 is 11.9. The van der Waals surface area contributed by atoms with Gasteiger partial charge in [-0.1, -0.05) is 11.6 Å². The first-order valence-electron chi connectivity index (χ1n) is 6.18. The molecule has 0 bridgehead atoms. The van der Waals surface area contributed by atoms with Crippen LogP contribution in [0.3, 0.4) is 0 Å². The standard InChI is InChI=1S/C15H15ClN2O3/c1-18-9-12(16)15(17-18)13(19)7-5-10-4-6-11(20-2)8-14(10)21-3/h4-9H,1-3H3. The van der Waals surface area contributed by atoms with E-state index in [1.165, 1.54) is 10.8 Å². The van der Waals surface area contributed by atoms with Crippen molar-refractivity contribution in [3.8, 4) is 11.5 Å². The van der Waals surface area contributed by atoms with Crippen LogP contribution in [-0.4, -0.2) is 29.8 Å². The second kappa shape index (κ2) is 6.45. The molecule has 2 rings (SSSR count).